The Kier molecular flexibility index (Phi) is 10.8. The smallest absolute Gasteiger partial charge is 0.415 e. The number of hydrogen-bond donors (Lipinski definition) is 1. The minimum absolute atomic E-state index is 0.0773. The average molecular weight is 788 g/mol. The first-order valence-corrected chi connectivity index (χ1v) is 19.7. The van der Waals surface area contributed by atoms with Crippen LogP contribution in [0.25, 0.3) is 11.3 Å². The van der Waals surface area contributed by atoms with E-state index in [1.807, 2.05) is 41.6 Å². The van der Waals surface area contributed by atoms with Gasteiger partial charge in [-0.1, -0.05) is 35.9 Å². The predicted octanol–water partition coefficient (Wildman–Crippen LogP) is 7.09. The van der Waals surface area contributed by atoms with Gasteiger partial charge in [-0.05, 0) is 109 Å². The maximum absolute atomic E-state index is 15.3. The van der Waals surface area contributed by atoms with Crippen LogP contribution in [0.3, 0.4) is 0 Å². The lowest BCUT2D eigenvalue weighted by Gasteiger charge is -2.41. The molecule has 0 spiro atoms. The van der Waals surface area contributed by atoms with Crippen LogP contribution in [-0.4, -0.2) is 94.8 Å². The first kappa shape index (κ1) is 38.3. The van der Waals surface area contributed by atoms with Gasteiger partial charge in [-0.15, -0.1) is 0 Å². The van der Waals surface area contributed by atoms with E-state index in [1.165, 1.54) is 5.56 Å². The molecule has 0 aliphatic carbocycles. The van der Waals surface area contributed by atoms with E-state index in [1.54, 1.807) is 65.4 Å². The number of phenolic OH excluding ortho intramolecular Hbond substituents is 1. The maximum atomic E-state index is 15.3. The van der Waals surface area contributed by atoms with Crippen molar-refractivity contribution in [3.05, 3.63) is 135 Å². The molecule has 57 heavy (non-hydrogen) atoms. The number of aromatic hydroxyl groups is 1. The van der Waals surface area contributed by atoms with Gasteiger partial charge in [0.1, 0.15) is 11.5 Å². The van der Waals surface area contributed by atoms with Gasteiger partial charge in [0, 0.05) is 92.6 Å². The number of hydrogen-bond acceptors (Lipinski definition) is 7. The van der Waals surface area contributed by atoms with E-state index >= 15 is 4.79 Å². The highest BCUT2D eigenvalue weighted by atomic mass is 35.5. The van der Waals surface area contributed by atoms with Gasteiger partial charge >= 0.3 is 6.09 Å². The lowest BCUT2D eigenvalue weighted by molar-refractivity contribution is 0.0193. The molecule has 11 nitrogen and oxygen atoms in total. The minimum Gasteiger partial charge on any atom is -0.508 e. The van der Waals surface area contributed by atoms with Crippen LogP contribution < -0.4 is 9.64 Å². The summed E-state index contributed by atoms with van der Waals surface area (Å²) in [6.07, 6.45) is 0.814. The van der Waals surface area contributed by atoms with Crippen LogP contribution in [0.2, 0.25) is 5.02 Å². The monoisotopic (exact) mass is 787 g/mol. The number of morpholine rings is 1. The zero-order valence-corrected chi connectivity index (χ0v) is 33.2. The molecule has 0 saturated carbocycles. The first-order chi connectivity index (χ1) is 27.5. The summed E-state index contributed by atoms with van der Waals surface area (Å²) in [6, 6.07) is 27.3. The van der Waals surface area contributed by atoms with Crippen LogP contribution in [0.15, 0.2) is 91.0 Å². The highest BCUT2D eigenvalue weighted by molar-refractivity contribution is 6.30. The summed E-state index contributed by atoms with van der Waals surface area (Å²) in [5.41, 5.74) is 8.17. The van der Waals surface area contributed by atoms with Gasteiger partial charge in [-0.2, -0.15) is 0 Å². The third-order valence-corrected chi connectivity index (χ3v) is 11.9. The van der Waals surface area contributed by atoms with Crippen LogP contribution >= 0.6 is 11.6 Å². The fraction of sp³-hybridized carbons (Fsp3) is 0.311. The summed E-state index contributed by atoms with van der Waals surface area (Å²) in [4.78, 5) is 50.4. The lowest BCUT2D eigenvalue weighted by atomic mass is 9.89. The average Bonchev–Trinajstić information content (AvgIpc) is 3.53. The second-order valence-corrected chi connectivity index (χ2v) is 15.5. The van der Waals surface area contributed by atoms with Crippen molar-refractivity contribution in [1.29, 1.82) is 0 Å². The summed E-state index contributed by atoms with van der Waals surface area (Å²) < 4.78 is 13.3. The summed E-state index contributed by atoms with van der Waals surface area (Å²) in [6.45, 7) is 6.75. The van der Waals surface area contributed by atoms with Crippen molar-refractivity contribution in [2.75, 3.05) is 51.3 Å². The highest BCUT2D eigenvalue weighted by Crippen LogP contribution is 2.36. The molecule has 3 aliphatic rings. The van der Waals surface area contributed by atoms with Crippen molar-refractivity contribution >= 4 is 35.2 Å². The molecule has 0 bridgehead atoms. The van der Waals surface area contributed by atoms with E-state index in [-0.39, 0.29) is 30.2 Å². The summed E-state index contributed by atoms with van der Waals surface area (Å²) in [7, 11) is 3.63. The van der Waals surface area contributed by atoms with Crippen molar-refractivity contribution in [3.63, 3.8) is 0 Å². The Morgan fingerprint density at radius 3 is 2.32 bits per heavy atom. The van der Waals surface area contributed by atoms with Gasteiger partial charge in [-0.3, -0.25) is 14.5 Å². The number of rotatable bonds is 7. The molecular weight excluding hydrogens is 742 g/mol. The summed E-state index contributed by atoms with van der Waals surface area (Å²) >= 11 is 6.05. The Balaban J connectivity index is 1.18. The van der Waals surface area contributed by atoms with Gasteiger partial charge in [0.25, 0.3) is 11.8 Å². The number of halogens is 1. The lowest BCUT2D eigenvalue weighted by Crippen LogP contribution is -2.52. The Labute approximate surface area is 337 Å². The highest BCUT2D eigenvalue weighted by Gasteiger charge is 2.35. The number of anilines is 1. The second kappa shape index (κ2) is 16.1. The van der Waals surface area contributed by atoms with Crippen molar-refractivity contribution in [2.45, 2.75) is 38.9 Å². The molecule has 4 aromatic carbocycles. The molecule has 3 aliphatic heterocycles. The molecule has 1 N–H and O–H groups in total. The Bertz CT molecular complexity index is 2320. The number of benzene rings is 4. The van der Waals surface area contributed by atoms with Crippen LogP contribution in [-0.2, 0) is 37.7 Å². The van der Waals surface area contributed by atoms with Crippen molar-refractivity contribution < 1.29 is 29.0 Å². The molecule has 1 atom stereocenters. The Morgan fingerprint density at radius 2 is 1.58 bits per heavy atom. The van der Waals surface area contributed by atoms with Crippen molar-refractivity contribution in [3.8, 4) is 22.8 Å². The zero-order valence-electron chi connectivity index (χ0n) is 32.4. The normalized spacial score (nSPS) is 16.8. The molecule has 12 heteroatoms. The third-order valence-electron chi connectivity index (χ3n) is 11.6. The number of fused-ring (bicyclic) bond motifs is 2. The van der Waals surface area contributed by atoms with Crippen LogP contribution in [0, 0.1) is 6.92 Å². The first-order valence-electron chi connectivity index (χ1n) is 19.3. The molecular formula is C45H46ClN5O6. The molecule has 1 saturated heterocycles. The van der Waals surface area contributed by atoms with E-state index in [2.05, 4.69) is 29.2 Å². The number of carbonyl (C=O) groups is 3. The summed E-state index contributed by atoms with van der Waals surface area (Å²) in [5.74, 6) is 0.209. The molecule has 0 radical (unpaired) electrons. The SMILES string of the molecule is Cc1c(C(=O)N(C)c2ccc(O)cc2)cc(-c2cc3c(cc2C(=O)N2Cc4ccccc4C[C@H]2CN2CCOCC2)CN(C(=O)Oc2ccc(Cl)cc2)CC3)n1C. The van der Waals surface area contributed by atoms with Gasteiger partial charge in [0.2, 0.25) is 0 Å². The van der Waals surface area contributed by atoms with E-state index in [0.717, 1.165) is 59.7 Å². The van der Waals surface area contributed by atoms with Crippen molar-refractivity contribution in [2.24, 2.45) is 7.05 Å². The second-order valence-electron chi connectivity index (χ2n) is 15.1. The van der Waals surface area contributed by atoms with Crippen LogP contribution in [0.1, 0.15) is 48.7 Å². The fourth-order valence-corrected chi connectivity index (χ4v) is 8.32. The molecule has 3 amide bonds. The number of amides is 3. The Morgan fingerprint density at radius 1 is 0.860 bits per heavy atom. The van der Waals surface area contributed by atoms with Gasteiger partial charge in [0.15, 0.2) is 0 Å². The number of carbonyl (C=O) groups excluding carboxylic acids is 3. The zero-order chi connectivity index (χ0) is 39.8. The number of phenols is 1. The van der Waals surface area contributed by atoms with Crippen LogP contribution in [0.5, 0.6) is 11.5 Å². The molecule has 8 rings (SSSR count). The van der Waals surface area contributed by atoms with Crippen LogP contribution in [0.4, 0.5) is 10.5 Å². The van der Waals surface area contributed by atoms with Gasteiger partial charge < -0.3 is 33.8 Å². The fourth-order valence-electron chi connectivity index (χ4n) is 8.20. The van der Waals surface area contributed by atoms with Crippen molar-refractivity contribution in [1.82, 2.24) is 19.3 Å². The third kappa shape index (κ3) is 7.87. The molecule has 5 aromatic rings. The molecule has 1 fully saturated rings. The molecule has 294 valence electrons. The number of aromatic nitrogens is 1. The largest absolute Gasteiger partial charge is 0.508 e. The van der Waals surface area contributed by atoms with E-state index in [9.17, 15) is 14.7 Å². The molecule has 4 heterocycles. The minimum atomic E-state index is -0.475. The van der Waals surface area contributed by atoms with E-state index in [0.29, 0.717) is 60.3 Å². The number of ether oxygens (including phenoxy) is 2. The molecule has 1 aromatic heterocycles. The maximum Gasteiger partial charge on any atom is 0.415 e. The topological polar surface area (TPSA) is 108 Å². The predicted molar refractivity (Wildman–Crippen MR) is 219 cm³/mol. The number of nitrogens with zero attached hydrogens (tertiary/aromatic N) is 5. The molecule has 0 unspecified atom stereocenters. The standard InChI is InChI=1S/C45H46ClN5O6/c1-29-39(43(53)48(3)35-10-12-37(52)13-11-35)25-42(47(29)2)40-23-31-16-17-50(45(55)57-38-14-8-34(46)9-15-38)26-33(31)24-41(40)44(54)51-27-32-7-5-4-6-30(32)22-36(51)28-49-18-20-56-21-19-49/h4-15,23-25,36,52H,16-22,26-28H2,1-3H3/t36-/m0/s1. The quantitative estimate of drug-likeness (QED) is 0.188. The van der Waals surface area contributed by atoms with E-state index < -0.39 is 6.09 Å². The Hall–Kier alpha value is -5.62. The van der Waals surface area contributed by atoms with E-state index in [4.69, 9.17) is 21.1 Å². The van der Waals surface area contributed by atoms with Gasteiger partial charge in [0.05, 0.1) is 18.8 Å². The van der Waals surface area contributed by atoms with Gasteiger partial charge in [-0.25, -0.2) is 4.79 Å². The summed E-state index contributed by atoms with van der Waals surface area (Å²) in [5, 5.41) is 10.4.